The van der Waals surface area contributed by atoms with Gasteiger partial charge in [0.15, 0.2) is 0 Å². The Morgan fingerprint density at radius 3 is 2.24 bits per heavy atom. The number of benzene rings is 2. The van der Waals surface area contributed by atoms with Crippen LogP contribution in [0.4, 0.5) is 16.2 Å². The highest BCUT2D eigenvalue weighted by Crippen LogP contribution is 2.28. The van der Waals surface area contributed by atoms with Crippen molar-refractivity contribution in [2.45, 2.75) is 25.8 Å². The fourth-order valence-electron chi connectivity index (χ4n) is 3.49. The van der Waals surface area contributed by atoms with Crippen LogP contribution in [0.1, 0.15) is 19.8 Å². The fraction of sp³-hybridized carbons (Fsp3) is 0.375. The number of carbonyl (C=O) groups is 3. The fourth-order valence-corrected chi connectivity index (χ4v) is 3.49. The van der Waals surface area contributed by atoms with Gasteiger partial charge in [0, 0.05) is 19.3 Å². The summed E-state index contributed by atoms with van der Waals surface area (Å²) in [4.78, 5) is 41.4. The molecule has 1 saturated heterocycles. The molecule has 1 unspecified atom stereocenters. The molecule has 9 heteroatoms. The molecule has 0 aliphatic carbocycles. The minimum absolute atomic E-state index is 0.172. The zero-order valence-electron chi connectivity index (χ0n) is 19.1. The molecule has 33 heavy (non-hydrogen) atoms. The van der Waals surface area contributed by atoms with Crippen molar-refractivity contribution < 1.29 is 28.6 Å². The molecule has 4 amide bonds. The van der Waals surface area contributed by atoms with Crippen molar-refractivity contribution >= 4 is 29.2 Å². The molecule has 0 spiro atoms. The molecular formula is C24H29N3O6. The van der Waals surface area contributed by atoms with E-state index >= 15 is 0 Å². The maximum atomic E-state index is 13.2. The third kappa shape index (κ3) is 5.81. The molecule has 1 heterocycles. The van der Waals surface area contributed by atoms with Gasteiger partial charge in [0.2, 0.25) is 5.91 Å². The van der Waals surface area contributed by atoms with Crippen LogP contribution in [-0.4, -0.2) is 62.8 Å². The molecule has 0 aromatic heterocycles. The third-order valence-corrected chi connectivity index (χ3v) is 5.18. The first-order valence-electron chi connectivity index (χ1n) is 10.8. The van der Waals surface area contributed by atoms with E-state index in [0.29, 0.717) is 29.5 Å². The van der Waals surface area contributed by atoms with Gasteiger partial charge in [-0.3, -0.25) is 9.59 Å². The summed E-state index contributed by atoms with van der Waals surface area (Å²) in [6, 6.07) is 12.2. The van der Waals surface area contributed by atoms with Crippen LogP contribution in [0.15, 0.2) is 48.5 Å². The largest absolute Gasteiger partial charge is 0.497 e. The first kappa shape index (κ1) is 24.1. The molecule has 176 valence electrons. The second-order valence-corrected chi connectivity index (χ2v) is 7.48. The van der Waals surface area contributed by atoms with Crippen LogP contribution < -0.4 is 19.7 Å². The van der Waals surface area contributed by atoms with Crippen molar-refractivity contribution in [2.75, 3.05) is 44.2 Å². The van der Waals surface area contributed by atoms with Crippen molar-refractivity contribution in [3.05, 3.63) is 48.5 Å². The summed E-state index contributed by atoms with van der Waals surface area (Å²) in [7, 11) is 3.05. The van der Waals surface area contributed by atoms with Crippen LogP contribution in [0, 0.1) is 0 Å². The maximum Gasteiger partial charge on any atom is 0.332 e. The molecule has 1 fully saturated rings. The van der Waals surface area contributed by atoms with Gasteiger partial charge in [-0.15, -0.1) is 0 Å². The topological polar surface area (TPSA) is 97.4 Å². The smallest absolute Gasteiger partial charge is 0.332 e. The average molecular weight is 456 g/mol. The molecule has 0 radical (unpaired) electrons. The molecule has 0 bridgehead atoms. The third-order valence-electron chi connectivity index (χ3n) is 5.18. The van der Waals surface area contributed by atoms with E-state index in [1.807, 2.05) is 6.92 Å². The lowest BCUT2D eigenvalue weighted by atomic mass is 10.1. The van der Waals surface area contributed by atoms with Crippen LogP contribution in [0.2, 0.25) is 0 Å². The second-order valence-electron chi connectivity index (χ2n) is 7.48. The van der Waals surface area contributed by atoms with Crippen LogP contribution in [0.5, 0.6) is 11.5 Å². The van der Waals surface area contributed by atoms with E-state index in [4.69, 9.17) is 14.2 Å². The Morgan fingerprint density at radius 2 is 1.64 bits per heavy atom. The Kier molecular flexibility index (Phi) is 8.26. The minimum Gasteiger partial charge on any atom is -0.497 e. The summed E-state index contributed by atoms with van der Waals surface area (Å²) in [5.41, 5.74) is 0.995. The summed E-state index contributed by atoms with van der Waals surface area (Å²) in [5.74, 6) is 0.491. The lowest BCUT2D eigenvalue weighted by Gasteiger charge is -2.21. The number of carbonyl (C=O) groups excluding carboxylic acids is 3. The lowest BCUT2D eigenvalue weighted by molar-refractivity contribution is -0.124. The molecule has 0 saturated carbocycles. The second kappa shape index (κ2) is 11.3. The quantitative estimate of drug-likeness (QED) is 0.522. The number of anilines is 2. The molecule has 1 aliphatic heterocycles. The van der Waals surface area contributed by atoms with Crippen molar-refractivity contribution in [1.82, 2.24) is 4.90 Å². The van der Waals surface area contributed by atoms with Crippen LogP contribution in [0.25, 0.3) is 0 Å². The number of ether oxygens (including phenoxy) is 3. The van der Waals surface area contributed by atoms with Crippen molar-refractivity contribution in [2.24, 2.45) is 0 Å². The zero-order valence-corrected chi connectivity index (χ0v) is 19.1. The van der Waals surface area contributed by atoms with Gasteiger partial charge in [0.1, 0.15) is 17.5 Å². The normalized spacial score (nSPS) is 15.7. The Morgan fingerprint density at radius 1 is 0.970 bits per heavy atom. The van der Waals surface area contributed by atoms with E-state index in [2.05, 4.69) is 5.32 Å². The van der Waals surface area contributed by atoms with Gasteiger partial charge in [0.25, 0.3) is 5.91 Å². The van der Waals surface area contributed by atoms with Gasteiger partial charge < -0.3 is 24.4 Å². The highest BCUT2D eigenvalue weighted by atomic mass is 16.5. The lowest BCUT2D eigenvalue weighted by Crippen LogP contribution is -2.39. The number of methoxy groups -OCH3 is 2. The predicted octanol–water partition coefficient (Wildman–Crippen LogP) is 3.30. The number of nitrogens with one attached hydrogen (secondary N) is 1. The Labute approximate surface area is 193 Å². The summed E-state index contributed by atoms with van der Waals surface area (Å²) >= 11 is 0. The van der Waals surface area contributed by atoms with Gasteiger partial charge >= 0.3 is 6.03 Å². The number of nitrogens with zero attached hydrogens (tertiary/aromatic N) is 2. The summed E-state index contributed by atoms with van der Waals surface area (Å²) in [6.45, 7) is 3.07. The Balaban J connectivity index is 1.72. The molecule has 1 atom stereocenters. The molecule has 3 rings (SSSR count). The summed E-state index contributed by atoms with van der Waals surface area (Å²) < 4.78 is 15.8. The standard InChI is InChI=1S/C24H29N3O6/c1-4-14-33-20-9-5-17(6-10-20)25-22(28)16-21-23(29)27(24(30)26(21)13-15-31-2)18-7-11-19(32-3)12-8-18/h5-12,21H,4,13-16H2,1-3H3,(H,25,28). The minimum atomic E-state index is -0.929. The average Bonchev–Trinajstić information content (AvgIpc) is 3.05. The number of rotatable bonds is 11. The molecule has 9 nitrogen and oxygen atoms in total. The van der Waals surface area contributed by atoms with Crippen molar-refractivity contribution in [1.29, 1.82) is 0 Å². The van der Waals surface area contributed by atoms with E-state index in [-0.39, 0.29) is 25.5 Å². The van der Waals surface area contributed by atoms with Gasteiger partial charge in [0.05, 0.1) is 32.4 Å². The number of imide groups is 1. The summed E-state index contributed by atoms with van der Waals surface area (Å²) in [5, 5.41) is 2.78. The van der Waals surface area contributed by atoms with E-state index in [1.54, 1.807) is 48.5 Å². The van der Waals surface area contributed by atoms with E-state index in [1.165, 1.54) is 19.1 Å². The Hall–Kier alpha value is -3.59. The van der Waals surface area contributed by atoms with E-state index in [9.17, 15) is 14.4 Å². The first-order valence-corrected chi connectivity index (χ1v) is 10.8. The molecular weight excluding hydrogens is 426 g/mol. The summed E-state index contributed by atoms with van der Waals surface area (Å²) in [6.07, 6.45) is 0.731. The maximum absolute atomic E-state index is 13.2. The van der Waals surface area contributed by atoms with Crippen molar-refractivity contribution in [3.63, 3.8) is 0 Å². The monoisotopic (exact) mass is 455 g/mol. The Bertz CT molecular complexity index is 961. The highest BCUT2D eigenvalue weighted by molar-refractivity contribution is 6.22. The van der Waals surface area contributed by atoms with E-state index in [0.717, 1.165) is 11.3 Å². The van der Waals surface area contributed by atoms with Crippen LogP contribution in [-0.2, 0) is 14.3 Å². The molecule has 1 aliphatic rings. The number of amides is 4. The van der Waals surface area contributed by atoms with Gasteiger partial charge in [-0.2, -0.15) is 0 Å². The van der Waals surface area contributed by atoms with Crippen molar-refractivity contribution in [3.8, 4) is 11.5 Å². The van der Waals surface area contributed by atoms with Crippen LogP contribution >= 0.6 is 0 Å². The number of hydrogen-bond acceptors (Lipinski definition) is 6. The molecule has 1 N–H and O–H groups in total. The number of urea groups is 1. The zero-order chi connectivity index (χ0) is 23.8. The van der Waals surface area contributed by atoms with Crippen LogP contribution in [0.3, 0.4) is 0 Å². The van der Waals surface area contributed by atoms with Gasteiger partial charge in [-0.1, -0.05) is 6.92 Å². The number of hydrogen-bond donors (Lipinski definition) is 1. The molecule has 2 aromatic rings. The van der Waals surface area contributed by atoms with Gasteiger partial charge in [-0.05, 0) is 55.0 Å². The predicted molar refractivity (Wildman–Crippen MR) is 124 cm³/mol. The van der Waals surface area contributed by atoms with Gasteiger partial charge in [-0.25, -0.2) is 9.69 Å². The highest BCUT2D eigenvalue weighted by Gasteiger charge is 2.46. The molecule has 2 aromatic carbocycles. The first-order chi connectivity index (χ1) is 16.0. The SMILES string of the molecule is CCCOc1ccc(NC(=O)CC2C(=O)N(c3ccc(OC)cc3)C(=O)N2CCOC)cc1. The van der Waals surface area contributed by atoms with E-state index < -0.39 is 18.0 Å².